The average Bonchev–Trinajstić information content (AvgIpc) is 3.05. The Kier molecular flexibility index (Phi) is 5.20. The largest absolute Gasteiger partial charge is 0.464 e. The first-order valence-corrected chi connectivity index (χ1v) is 9.07. The molecule has 3 rings (SSSR count). The van der Waals surface area contributed by atoms with Crippen LogP contribution < -0.4 is 5.32 Å². The third-order valence-corrected chi connectivity index (χ3v) is 5.07. The minimum absolute atomic E-state index is 0.0520. The quantitative estimate of drug-likeness (QED) is 0.610. The fraction of sp³-hybridized carbons (Fsp3) is 0.667. The number of amides is 3. The first-order chi connectivity index (χ1) is 12.1. The van der Waals surface area contributed by atoms with Crippen molar-refractivity contribution in [3.8, 4) is 0 Å². The predicted octanol–water partition coefficient (Wildman–Crippen LogP) is 1.82. The summed E-state index contributed by atoms with van der Waals surface area (Å²) in [7, 11) is 0. The van der Waals surface area contributed by atoms with Crippen LogP contribution >= 0.6 is 0 Å². The van der Waals surface area contributed by atoms with Crippen LogP contribution in [0.15, 0.2) is 17.1 Å². The monoisotopic (exact) mass is 347 g/mol. The molecule has 1 saturated heterocycles. The molecular formula is C18H25N3O4. The number of carbonyl (C=O) groups is 3. The van der Waals surface area contributed by atoms with Crippen molar-refractivity contribution in [3.05, 3.63) is 12.2 Å². The lowest BCUT2D eigenvalue weighted by Crippen LogP contribution is -2.53. The summed E-state index contributed by atoms with van der Waals surface area (Å²) in [5.74, 6) is -0.730. The van der Waals surface area contributed by atoms with Gasteiger partial charge in [0.1, 0.15) is 11.6 Å². The van der Waals surface area contributed by atoms with Crippen molar-refractivity contribution in [1.82, 2.24) is 10.2 Å². The van der Waals surface area contributed by atoms with E-state index in [0.29, 0.717) is 19.4 Å². The molecule has 2 heterocycles. The number of carbonyl (C=O) groups excluding carboxylic acids is 3. The normalized spacial score (nSPS) is 33.7. The van der Waals surface area contributed by atoms with Gasteiger partial charge in [-0.15, -0.1) is 0 Å². The average molecular weight is 347 g/mol. The van der Waals surface area contributed by atoms with E-state index in [1.807, 2.05) is 12.2 Å². The zero-order valence-corrected chi connectivity index (χ0v) is 14.6. The second-order valence-corrected chi connectivity index (χ2v) is 6.79. The number of ether oxygens (including phenoxy) is 1. The number of hydrogen-bond donors (Lipinski definition) is 1. The smallest absolute Gasteiger partial charge is 0.332 e. The van der Waals surface area contributed by atoms with E-state index in [-0.39, 0.29) is 24.5 Å². The Balaban J connectivity index is 1.83. The molecule has 136 valence electrons. The lowest BCUT2D eigenvalue weighted by Gasteiger charge is -2.26. The molecule has 1 saturated carbocycles. The lowest BCUT2D eigenvalue weighted by atomic mass is 10.1. The van der Waals surface area contributed by atoms with Crippen LogP contribution in [0.3, 0.4) is 0 Å². The van der Waals surface area contributed by atoms with Crippen LogP contribution in [0.1, 0.15) is 45.4 Å². The second-order valence-electron chi connectivity index (χ2n) is 6.79. The molecule has 3 aliphatic rings. The van der Waals surface area contributed by atoms with Gasteiger partial charge in [-0.1, -0.05) is 12.2 Å². The molecule has 1 aliphatic carbocycles. The van der Waals surface area contributed by atoms with Gasteiger partial charge in [-0.2, -0.15) is 0 Å². The van der Waals surface area contributed by atoms with Crippen molar-refractivity contribution >= 4 is 24.1 Å². The number of hydrogen-bond acceptors (Lipinski definition) is 4. The zero-order chi connectivity index (χ0) is 17.9. The van der Waals surface area contributed by atoms with Gasteiger partial charge >= 0.3 is 12.0 Å². The fourth-order valence-corrected chi connectivity index (χ4v) is 3.57. The Bertz CT molecular complexity index is 615. The highest BCUT2D eigenvalue weighted by Crippen LogP contribution is 2.46. The molecule has 2 fully saturated rings. The van der Waals surface area contributed by atoms with Crippen molar-refractivity contribution in [2.75, 3.05) is 13.2 Å². The highest BCUT2D eigenvalue weighted by molar-refractivity contribution is 5.95. The molecule has 0 aromatic rings. The number of nitrogens with zero attached hydrogens (tertiary/aromatic N) is 2. The van der Waals surface area contributed by atoms with Gasteiger partial charge in [0.25, 0.3) is 5.91 Å². The molecule has 0 unspecified atom stereocenters. The van der Waals surface area contributed by atoms with Gasteiger partial charge in [0.05, 0.1) is 6.61 Å². The number of esters is 1. The van der Waals surface area contributed by atoms with Crippen LogP contribution in [0, 0.1) is 5.92 Å². The van der Waals surface area contributed by atoms with Crippen molar-refractivity contribution in [3.63, 3.8) is 0 Å². The summed E-state index contributed by atoms with van der Waals surface area (Å²) < 4.78 is 5.18. The summed E-state index contributed by atoms with van der Waals surface area (Å²) >= 11 is 0. The maximum Gasteiger partial charge on any atom is 0.332 e. The van der Waals surface area contributed by atoms with Gasteiger partial charge in [0, 0.05) is 18.7 Å². The minimum Gasteiger partial charge on any atom is -0.464 e. The van der Waals surface area contributed by atoms with Crippen molar-refractivity contribution < 1.29 is 19.1 Å². The number of fused-ring (bicyclic) bond motifs is 2. The maximum atomic E-state index is 12.7. The number of nitrogens with one attached hydrogen (secondary N) is 1. The number of urea groups is 1. The summed E-state index contributed by atoms with van der Waals surface area (Å²) in [6.45, 7) is 2.52. The molecule has 7 nitrogen and oxygen atoms in total. The van der Waals surface area contributed by atoms with Gasteiger partial charge in [-0.25, -0.2) is 14.6 Å². The molecule has 7 heteroatoms. The van der Waals surface area contributed by atoms with Gasteiger partial charge < -0.3 is 15.0 Å². The van der Waals surface area contributed by atoms with Crippen LogP contribution in [0.5, 0.6) is 0 Å². The highest BCUT2D eigenvalue weighted by atomic mass is 16.5. The van der Waals surface area contributed by atoms with E-state index < -0.39 is 17.6 Å². The summed E-state index contributed by atoms with van der Waals surface area (Å²) in [5.41, 5.74) is -0.993. The second kappa shape index (κ2) is 7.37. The first kappa shape index (κ1) is 17.6. The van der Waals surface area contributed by atoms with E-state index in [4.69, 9.17) is 4.74 Å². The topological polar surface area (TPSA) is 88.1 Å². The Morgan fingerprint density at radius 3 is 3.04 bits per heavy atom. The molecule has 3 atom stereocenters. The zero-order valence-electron chi connectivity index (χ0n) is 14.6. The van der Waals surface area contributed by atoms with Crippen LogP contribution in [0.4, 0.5) is 4.79 Å². The van der Waals surface area contributed by atoms with Crippen LogP contribution in [0.2, 0.25) is 0 Å². The Labute approximate surface area is 147 Å². The van der Waals surface area contributed by atoms with Crippen LogP contribution in [-0.4, -0.2) is 53.8 Å². The molecule has 2 aliphatic heterocycles. The fourth-order valence-electron chi connectivity index (χ4n) is 3.57. The lowest BCUT2D eigenvalue weighted by molar-refractivity contribution is -0.147. The molecule has 0 bridgehead atoms. The van der Waals surface area contributed by atoms with E-state index in [0.717, 1.165) is 25.7 Å². The summed E-state index contributed by atoms with van der Waals surface area (Å²) in [4.78, 5) is 43.0. The summed E-state index contributed by atoms with van der Waals surface area (Å²) in [6.07, 6.45) is 10.0. The molecule has 0 aromatic heterocycles. The van der Waals surface area contributed by atoms with Gasteiger partial charge in [0.15, 0.2) is 0 Å². The SMILES string of the molecule is CCOC(=O)[C@@]12C[C@H]1/C=C\CCCC=NC(=O)[C@@H]1CCCN1C(=O)N2. The Morgan fingerprint density at radius 2 is 2.24 bits per heavy atom. The van der Waals surface area contributed by atoms with Gasteiger partial charge in [-0.3, -0.25) is 4.79 Å². The van der Waals surface area contributed by atoms with Crippen molar-refractivity contribution in [1.29, 1.82) is 0 Å². The number of rotatable bonds is 2. The van der Waals surface area contributed by atoms with E-state index in [2.05, 4.69) is 10.3 Å². The molecule has 3 amide bonds. The molecule has 1 N–H and O–H groups in total. The van der Waals surface area contributed by atoms with Gasteiger partial charge in [-0.05, 0) is 45.4 Å². The molecule has 0 aromatic carbocycles. The first-order valence-electron chi connectivity index (χ1n) is 9.07. The Morgan fingerprint density at radius 1 is 1.40 bits per heavy atom. The van der Waals surface area contributed by atoms with Crippen molar-refractivity contribution in [2.24, 2.45) is 10.9 Å². The standard InChI is InChI=1S/C18H25N3O4/c1-2-25-16(23)18-12-13(18)8-5-3-4-6-10-19-15(22)14-9-7-11-21(14)17(24)20-18/h5,8,10,13-14H,2-4,6-7,9,11-12H2,1H3,(H,20,24)/b8-5-,19-10?/t13-,14+,18-/m1/s1. The third kappa shape index (κ3) is 3.60. The molecular weight excluding hydrogens is 322 g/mol. The highest BCUT2D eigenvalue weighted by Gasteiger charge is 2.62. The predicted molar refractivity (Wildman–Crippen MR) is 92.2 cm³/mol. The van der Waals surface area contributed by atoms with Crippen LogP contribution in [0.25, 0.3) is 0 Å². The molecule has 25 heavy (non-hydrogen) atoms. The Hall–Kier alpha value is -2.18. The number of allylic oxidation sites excluding steroid dienone is 1. The molecule has 0 spiro atoms. The third-order valence-electron chi connectivity index (χ3n) is 5.07. The molecule has 0 radical (unpaired) electrons. The minimum atomic E-state index is -0.993. The van der Waals surface area contributed by atoms with E-state index >= 15 is 0 Å². The van der Waals surface area contributed by atoms with Gasteiger partial charge in [0.2, 0.25) is 0 Å². The van der Waals surface area contributed by atoms with E-state index in [1.165, 1.54) is 4.90 Å². The number of aliphatic imine (C=N–C) groups is 1. The van der Waals surface area contributed by atoms with Crippen LogP contribution in [-0.2, 0) is 14.3 Å². The van der Waals surface area contributed by atoms with E-state index in [1.54, 1.807) is 13.1 Å². The van der Waals surface area contributed by atoms with E-state index in [9.17, 15) is 14.4 Å². The maximum absolute atomic E-state index is 12.7. The summed E-state index contributed by atoms with van der Waals surface area (Å²) in [6, 6.07) is -0.918. The van der Waals surface area contributed by atoms with Crippen molar-refractivity contribution in [2.45, 2.75) is 57.0 Å². The summed E-state index contributed by atoms with van der Waals surface area (Å²) in [5, 5.41) is 2.85.